The molecule has 1 aromatic heterocycles. The van der Waals surface area contributed by atoms with E-state index in [4.69, 9.17) is 4.42 Å². The van der Waals surface area contributed by atoms with E-state index in [-0.39, 0.29) is 6.04 Å². The summed E-state index contributed by atoms with van der Waals surface area (Å²) in [6.45, 7) is 5.88. The maximum atomic E-state index is 5.59. The zero-order valence-corrected chi connectivity index (χ0v) is 11.2. The molecule has 0 bridgehead atoms. The van der Waals surface area contributed by atoms with Gasteiger partial charge in [-0.3, -0.25) is 0 Å². The average Bonchev–Trinajstić information content (AvgIpc) is 2.75. The first-order valence-electron chi connectivity index (χ1n) is 5.45. The first-order chi connectivity index (χ1) is 7.69. The molecule has 6 heteroatoms. The van der Waals surface area contributed by atoms with Crippen LogP contribution in [0.15, 0.2) is 4.42 Å². The quantitative estimate of drug-likeness (QED) is 0.785. The molecule has 0 amide bonds. The summed E-state index contributed by atoms with van der Waals surface area (Å²) in [6.07, 6.45) is 2.08. The molecule has 0 aliphatic carbocycles. The summed E-state index contributed by atoms with van der Waals surface area (Å²) in [5, 5.41) is 11.3. The number of hydrogen-bond acceptors (Lipinski definition) is 6. The van der Waals surface area contributed by atoms with Crippen molar-refractivity contribution in [2.45, 2.75) is 19.9 Å². The third kappa shape index (κ3) is 3.68. The molecule has 0 saturated carbocycles. The van der Waals surface area contributed by atoms with Gasteiger partial charge in [0.1, 0.15) is 0 Å². The van der Waals surface area contributed by atoms with Crippen molar-refractivity contribution in [1.82, 2.24) is 15.5 Å². The topological polar surface area (TPSA) is 54.2 Å². The predicted octanol–water partition coefficient (Wildman–Crippen LogP) is 1.54. The molecule has 16 heavy (non-hydrogen) atoms. The van der Waals surface area contributed by atoms with Crippen LogP contribution in [0.4, 0.5) is 6.01 Å². The van der Waals surface area contributed by atoms with Gasteiger partial charge in [0.05, 0.1) is 6.04 Å². The summed E-state index contributed by atoms with van der Waals surface area (Å²) in [4.78, 5) is 1.98. The van der Waals surface area contributed by atoms with E-state index < -0.39 is 0 Å². The van der Waals surface area contributed by atoms with E-state index >= 15 is 0 Å². The lowest BCUT2D eigenvalue weighted by Gasteiger charge is -2.12. The number of aromatic nitrogens is 2. The van der Waals surface area contributed by atoms with Gasteiger partial charge in [-0.25, -0.2) is 0 Å². The van der Waals surface area contributed by atoms with Crippen molar-refractivity contribution in [3.63, 3.8) is 0 Å². The molecular weight excluding hydrogens is 224 g/mol. The van der Waals surface area contributed by atoms with Crippen LogP contribution in [0.1, 0.15) is 25.8 Å². The molecule has 1 rings (SSSR count). The molecule has 1 unspecified atom stereocenters. The minimum atomic E-state index is 0.111. The van der Waals surface area contributed by atoms with Crippen LogP contribution in [0.5, 0.6) is 0 Å². The monoisotopic (exact) mass is 244 g/mol. The molecule has 0 aromatic carbocycles. The highest BCUT2D eigenvalue weighted by Crippen LogP contribution is 2.16. The number of nitrogens with one attached hydrogen (secondary N) is 1. The van der Waals surface area contributed by atoms with Crippen molar-refractivity contribution in [2.75, 3.05) is 37.0 Å². The smallest absolute Gasteiger partial charge is 0.317 e. The predicted molar refractivity (Wildman–Crippen MR) is 68.0 cm³/mol. The Bertz CT molecular complexity index is 305. The summed E-state index contributed by atoms with van der Waals surface area (Å²) in [5.74, 6) is 1.70. The lowest BCUT2D eigenvalue weighted by Crippen LogP contribution is -2.20. The normalized spacial score (nSPS) is 12.8. The summed E-state index contributed by atoms with van der Waals surface area (Å²) < 4.78 is 5.59. The lowest BCUT2D eigenvalue weighted by atomic mass is 10.3. The molecule has 0 saturated heterocycles. The van der Waals surface area contributed by atoms with Crippen molar-refractivity contribution in [1.29, 1.82) is 0 Å². The van der Waals surface area contributed by atoms with Crippen LogP contribution in [0, 0.1) is 0 Å². The highest BCUT2D eigenvalue weighted by molar-refractivity contribution is 7.98. The fraction of sp³-hybridized carbons (Fsp3) is 0.800. The second-order valence-electron chi connectivity index (χ2n) is 3.62. The molecule has 1 aromatic rings. The van der Waals surface area contributed by atoms with Crippen molar-refractivity contribution in [3.8, 4) is 0 Å². The summed E-state index contributed by atoms with van der Waals surface area (Å²) in [5.41, 5.74) is 0. The SMILES string of the molecule is CCNC(C)c1nnc(N(C)CCSC)o1. The third-order valence-corrected chi connectivity index (χ3v) is 2.86. The van der Waals surface area contributed by atoms with Crippen LogP contribution in [0.25, 0.3) is 0 Å². The highest BCUT2D eigenvalue weighted by atomic mass is 32.2. The summed E-state index contributed by atoms with van der Waals surface area (Å²) in [6, 6.07) is 0.703. The minimum absolute atomic E-state index is 0.111. The van der Waals surface area contributed by atoms with Gasteiger partial charge in [-0.1, -0.05) is 12.0 Å². The van der Waals surface area contributed by atoms with E-state index in [0.717, 1.165) is 18.8 Å². The van der Waals surface area contributed by atoms with E-state index in [0.29, 0.717) is 11.9 Å². The molecule has 92 valence electrons. The zero-order chi connectivity index (χ0) is 12.0. The van der Waals surface area contributed by atoms with E-state index in [9.17, 15) is 0 Å². The van der Waals surface area contributed by atoms with Gasteiger partial charge in [-0.15, -0.1) is 5.10 Å². The largest absolute Gasteiger partial charge is 0.406 e. The van der Waals surface area contributed by atoms with Crippen LogP contribution in [0.3, 0.4) is 0 Å². The van der Waals surface area contributed by atoms with E-state index in [1.54, 1.807) is 11.8 Å². The van der Waals surface area contributed by atoms with Gasteiger partial charge in [0, 0.05) is 19.3 Å². The molecule has 0 spiro atoms. The Kier molecular flexibility index (Phi) is 5.62. The molecular formula is C10H20N4OS. The highest BCUT2D eigenvalue weighted by Gasteiger charge is 2.14. The maximum absolute atomic E-state index is 5.59. The van der Waals surface area contributed by atoms with E-state index in [1.807, 2.05) is 18.9 Å². The first-order valence-corrected chi connectivity index (χ1v) is 6.85. The minimum Gasteiger partial charge on any atom is -0.406 e. The summed E-state index contributed by atoms with van der Waals surface area (Å²) >= 11 is 1.80. The fourth-order valence-electron chi connectivity index (χ4n) is 1.27. The van der Waals surface area contributed by atoms with E-state index in [2.05, 4.69) is 28.7 Å². The number of rotatable bonds is 7. The third-order valence-electron chi connectivity index (χ3n) is 2.27. The van der Waals surface area contributed by atoms with Gasteiger partial charge in [0.25, 0.3) is 0 Å². The molecule has 1 heterocycles. The first kappa shape index (κ1) is 13.3. The number of hydrogen-bond donors (Lipinski definition) is 1. The van der Waals surface area contributed by atoms with Gasteiger partial charge >= 0.3 is 6.01 Å². The standard InChI is InChI=1S/C10H20N4OS/c1-5-11-8(2)9-12-13-10(15-9)14(3)6-7-16-4/h8,11H,5-7H2,1-4H3. The fourth-order valence-corrected chi connectivity index (χ4v) is 1.73. The van der Waals surface area contributed by atoms with Gasteiger partial charge < -0.3 is 14.6 Å². The van der Waals surface area contributed by atoms with Crippen LogP contribution in [-0.4, -0.2) is 42.3 Å². The van der Waals surface area contributed by atoms with Gasteiger partial charge in [0.15, 0.2) is 0 Å². The van der Waals surface area contributed by atoms with Crippen LogP contribution in [-0.2, 0) is 0 Å². The molecule has 0 aliphatic rings. The second kappa shape index (κ2) is 6.75. The Morgan fingerprint density at radius 1 is 1.50 bits per heavy atom. The Labute approximate surface area is 101 Å². The maximum Gasteiger partial charge on any atom is 0.317 e. The van der Waals surface area contributed by atoms with Crippen molar-refractivity contribution >= 4 is 17.8 Å². The van der Waals surface area contributed by atoms with Crippen molar-refractivity contribution < 1.29 is 4.42 Å². The molecule has 0 aliphatic heterocycles. The molecule has 5 nitrogen and oxygen atoms in total. The van der Waals surface area contributed by atoms with Crippen LogP contribution in [0.2, 0.25) is 0 Å². The second-order valence-corrected chi connectivity index (χ2v) is 4.60. The van der Waals surface area contributed by atoms with Gasteiger partial charge in [-0.2, -0.15) is 11.8 Å². The Morgan fingerprint density at radius 3 is 2.88 bits per heavy atom. The number of nitrogens with zero attached hydrogens (tertiary/aromatic N) is 3. The zero-order valence-electron chi connectivity index (χ0n) is 10.4. The number of anilines is 1. The Hall–Kier alpha value is -0.750. The lowest BCUT2D eigenvalue weighted by molar-refractivity contribution is 0.422. The van der Waals surface area contributed by atoms with Crippen LogP contribution >= 0.6 is 11.8 Å². The molecule has 0 radical (unpaired) electrons. The molecule has 1 N–H and O–H groups in total. The van der Waals surface area contributed by atoms with Gasteiger partial charge in [-0.05, 0) is 19.7 Å². The Morgan fingerprint density at radius 2 is 2.25 bits per heavy atom. The average molecular weight is 244 g/mol. The van der Waals surface area contributed by atoms with Crippen molar-refractivity contribution in [3.05, 3.63) is 5.89 Å². The molecule has 1 atom stereocenters. The van der Waals surface area contributed by atoms with Gasteiger partial charge in [0.2, 0.25) is 5.89 Å². The summed E-state index contributed by atoms with van der Waals surface area (Å²) in [7, 11) is 1.96. The van der Waals surface area contributed by atoms with Crippen molar-refractivity contribution in [2.24, 2.45) is 0 Å². The molecule has 0 fully saturated rings. The Balaban J connectivity index is 2.56. The van der Waals surface area contributed by atoms with Crippen LogP contribution < -0.4 is 10.2 Å². The number of thioether (sulfide) groups is 1. The van der Waals surface area contributed by atoms with E-state index in [1.165, 1.54) is 0 Å².